The Morgan fingerprint density at radius 1 is 1.73 bits per heavy atom. The van der Waals surface area contributed by atoms with Crippen LogP contribution in [-0.4, -0.2) is 43.3 Å². The van der Waals surface area contributed by atoms with Gasteiger partial charge in [-0.25, -0.2) is 9.80 Å². The highest BCUT2D eigenvalue weighted by Crippen LogP contribution is 1.93. The third-order valence-corrected chi connectivity index (χ3v) is 1.79. The fourth-order valence-corrected chi connectivity index (χ4v) is 1.12. The number of cyclic esters (lactones) is 1. The van der Waals surface area contributed by atoms with Gasteiger partial charge in [-0.05, 0) is 6.92 Å². The normalized spacial score (nSPS) is 17.3. The summed E-state index contributed by atoms with van der Waals surface area (Å²) in [5.74, 6) is -0.128. The van der Waals surface area contributed by atoms with E-state index in [2.05, 4.69) is 15.5 Å². The van der Waals surface area contributed by atoms with Crippen LogP contribution < -0.4 is 10.7 Å². The molecule has 0 unspecified atom stereocenters. The van der Waals surface area contributed by atoms with Crippen LogP contribution in [0.3, 0.4) is 0 Å². The summed E-state index contributed by atoms with van der Waals surface area (Å²) in [5.41, 5.74) is 2.51. The van der Waals surface area contributed by atoms with Crippen LogP contribution in [0.15, 0.2) is 12.2 Å². The monoisotopic (exact) mass is 213 g/mol. The first-order valence-electron chi connectivity index (χ1n) is 4.85. The van der Waals surface area contributed by atoms with Gasteiger partial charge in [0.25, 0.3) is 0 Å². The van der Waals surface area contributed by atoms with Gasteiger partial charge in [0.15, 0.2) is 0 Å². The van der Waals surface area contributed by atoms with Gasteiger partial charge in [-0.3, -0.25) is 10.2 Å². The summed E-state index contributed by atoms with van der Waals surface area (Å²) in [7, 11) is 0. The Hall–Kier alpha value is -1.56. The van der Waals surface area contributed by atoms with Crippen molar-refractivity contribution in [3.05, 3.63) is 12.2 Å². The number of hydrazine groups is 1. The van der Waals surface area contributed by atoms with Crippen LogP contribution in [0.25, 0.3) is 0 Å². The molecule has 15 heavy (non-hydrogen) atoms. The first-order chi connectivity index (χ1) is 7.22. The van der Waals surface area contributed by atoms with Crippen molar-refractivity contribution in [1.82, 2.24) is 15.8 Å². The molecule has 84 valence electrons. The van der Waals surface area contributed by atoms with E-state index in [1.54, 1.807) is 11.1 Å². The van der Waals surface area contributed by atoms with E-state index in [1.807, 2.05) is 6.92 Å². The Kier molecular flexibility index (Phi) is 4.62. The van der Waals surface area contributed by atoms with E-state index in [4.69, 9.17) is 0 Å². The second-order valence-electron chi connectivity index (χ2n) is 2.99. The van der Waals surface area contributed by atoms with E-state index in [0.29, 0.717) is 26.2 Å². The van der Waals surface area contributed by atoms with Gasteiger partial charge in [0.05, 0.1) is 6.54 Å². The van der Waals surface area contributed by atoms with Crippen LogP contribution in [-0.2, 0) is 9.53 Å². The quantitative estimate of drug-likeness (QED) is 0.625. The zero-order valence-corrected chi connectivity index (χ0v) is 8.66. The molecular formula is C9H15N3O3. The molecule has 6 nitrogen and oxygen atoms in total. The van der Waals surface area contributed by atoms with E-state index >= 15 is 0 Å². The summed E-state index contributed by atoms with van der Waals surface area (Å²) >= 11 is 0. The number of nitrogens with zero attached hydrogens (tertiary/aromatic N) is 1. The fourth-order valence-electron chi connectivity index (χ4n) is 1.12. The van der Waals surface area contributed by atoms with Crippen LogP contribution in [0.4, 0.5) is 4.79 Å². The van der Waals surface area contributed by atoms with Crippen molar-refractivity contribution in [3.8, 4) is 0 Å². The predicted octanol–water partition coefficient (Wildman–Crippen LogP) is -0.364. The lowest BCUT2D eigenvalue weighted by Crippen LogP contribution is -2.49. The molecule has 0 bridgehead atoms. The molecule has 1 heterocycles. The number of ether oxygens (including phenoxy) is 1. The summed E-state index contributed by atoms with van der Waals surface area (Å²) < 4.78 is 4.68. The Morgan fingerprint density at radius 3 is 3.20 bits per heavy atom. The maximum Gasteiger partial charge on any atom is 0.421 e. The molecule has 6 heteroatoms. The molecule has 0 aromatic rings. The number of nitrogens with one attached hydrogen (secondary N) is 2. The number of hydrogen-bond donors (Lipinski definition) is 2. The number of likely N-dealkylation sites (N-methyl/N-ethyl adjacent to an activating group) is 1. The predicted molar refractivity (Wildman–Crippen MR) is 53.9 cm³/mol. The largest absolute Gasteiger partial charge is 0.447 e. The van der Waals surface area contributed by atoms with Gasteiger partial charge in [-0.2, -0.15) is 0 Å². The summed E-state index contributed by atoms with van der Waals surface area (Å²) in [6.07, 6.45) is 2.69. The Balaban J connectivity index is 2.23. The van der Waals surface area contributed by atoms with E-state index < -0.39 is 6.09 Å². The molecule has 0 radical (unpaired) electrons. The molecule has 0 aromatic carbocycles. The minimum Gasteiger partial charge on any atom is -0.447 e. The van der Waals surface area contributed by atoms with Crippen LogP contribution in [0.5, 0.6) is 0 Å². The Morgan fingerprint density at radius 2 is 2.53 bits per heavy atom. The van der Waals surface area contributed by atoms with Crippen molar-refractivity contribution < 1.29 is 14.3 Å². The Bertz CT molecular complexity index is 265. The fraction of sp³-hybridized carbons (Fsp3) is 0.556. The van der Waals surface area contributed by atoms with Gasteiger partial charge in [0.1, 0.15) is 6.61 Å². The lowest BCUT2D eigenvalue weighted by atomic mass is 10.4. The molecule has 0 spiro atoms. The van der Waals surface area contributed by atoms with Gasteiger partial charge in [0.2, 0.25) is 5.91 Å². The Labute approximate surface area is 88.2 Å². The second-order valence-corrected chi connectivity index (χ2v) is 2.99. The number of carbonyl (C=O) groups excluding carboxylic acids is 2. The third-order valence-electron chi connectivity index (χ3n) is 1.79. The zero-order valence-electron chi connectivity index (χ0n) is 8.66. The van der Waals surface area contributed by atoms with Gasteiger partial charge in [-0.15, -0.1) is 0 Å². The molecule has 0 saturated carbocycles. The first-order valence-corrected chi connectivity index (χ1v) is 4.85. The summed E-state index contributed by atoms with van der Waals surface area (Å²) in [5, 5.41) is 4.32. The number of rotatable bonds is 4. The summed E-state index contributed by atoms with van der Waals surface area (Å²) in [6.45, 7) is 3.95. The molecule has 1 rings (SSSR count). The SMILES string of the molecule is CCNC(=O)/C=C/CN1CCOC(=O)N1. The standard InChI is InChI=1S/C9H15N3O3/c1-2-10-8(13)4-3-5-12-6-7-15-9(14)11-12/h3-4H,2,5-7H2,1H3,(H,10,13)(H,11,14)/b4-3+. The van der Waals surface area contributed by atoms with E-state index in [1.165, 1.54) is 6.08 Å². The lowest BCUT2D eigenvalue weighted by molar-refractivity contribution is -0.116. The highest BCUT2D eigenvalue weighted by Gasteiger charge is 2.14. The third kappa shape index (κ3) is 4.46. The van der Waals surface area contributed by atoms with Crippen molar-refractivity contribution in [1.29, 1.82) is 0 Å². The topological polar surface area (TPSA) is 70.7 Å². The highest BCUT2D eigenvalue weighted by molar-refractivity contribution is 5.87. The second kappa shape index (κ2) is 6.02. The molecule has 2 amide bonds. The summed E-state index contributed by atoms with van der Waals surface area (Å²) in [6, 6.07) is 0. The van der Waals surface area contributed by atoms with E-state index in [9.17, 15) is 9.59 Å². The minimum absolute atomic E-state index is 0.128. The van der Waals surface area contributed by atoms with Gasteiger partial charge in [-0.1, -0.05) is 6.08 Å². The van der Waals surface area contributed by atoms with Gasteiger partial charge >= 0.3 is 6.09 Å². The molecule has 0 aliphatic carbocycles. The molecule has 1 aliphatic heterocycles. The van der Waals surface area contributed by atoms with Gasteiger partial charge < -0.3 is 10.1 Å². The average molecular weight is 213 g/mol. The molecule has 0 atom stereocenters. The zero-order chi connectivity index (χ0) is 11.1. The number of carbonyl (C=O) groups is 2. The molecule has 2 N–H and O–H groups in total. The molecule has 1 saturated heterocycles. The first kappa shape index (κ1) is 11.5. The van der Waals surface area contributed by atoms with Crippen molar-refractivity contribution >= 4 is 12.0 Å². The van der Waals surface area contributed by atoms with Crippen molar-refractivity contribution in [2.24, 2.45) is 0 Å². The van der Waals surface area contributed by atoms with Crippen molar-refractivity contribution in [2.75, 3.05) is 26.2 Å². The highest BCUT2D eigenvalue weighted by atomic mass is 16.6. The van der Waals surface area contributed by atoms with E-state index in [0.717, 1.165) is 0 Å². The molecule has 0 aromatic heterocycles. The van der Waals surface area contributed by atoms with Crippen molar-refractivity contribution in [2.45, 2.75) is 6.92 Å². The summed E-state index contributed by atoms with van der Waals surface area (Å²) in [4.78, 5) is 21.8. The number of hydrogen-bond acceptors (Lipinski definition) is 4. The van der Waals surface area contributed by atoms with Crippen LogP contribution in [0.2, 0.25) is 0 Å². The van der Waals surface area contributed by atoms with Gasteiger partial charge in [0, 0.05) is 19.2 Å². The molecule has 1 aliphatic rings. The van der Waals surface area contributed by atoms with E-state index in [-0.39, 0.29) is 5.91 Å². The lowest BCUT2D eigenvalue weighted by Gasteiger charge is -2.25. The number of amides is 2. The smallest absolute Gasteiger partial charge is 0.421 e. The average Bonchev–Trinajstić information content (AvgIpc) is 2.18. The van der Waals surface area contributed by atoms with Crippen LogP contribution >= 0.6 is 0 Å². The minimum atomic E-state index is -0.451. The van der Waals surface area contributed by atoms with Crippen LogP contribution in [0.1, 0.15) is 6.92 Å². The van der Waals surface area contributed by atoms with Crippen molar-refractivity contribution in [3.63, 3.8) is 0 Å². The maximum atomic E-state index is 11.0. The molecule has 1 fully saturated rings. The van der Waals surface area contributed by atoms with Crippen LogP contribution in [0, 0.1) is 0 Å². The maximum absolute atomic E-state index is 11.0. The molecular weight excluding hydrogens is 198 g/mol.